The van der Waals surface area contributed by atoms with Crippen molar-refractivity contribution in [2.45, 2.75) is 20.4 Å². The van der Waals surface area contributed by atoms with E-state index >= 15 is 0 Å². The van der Waals surface area contributed by atoms with Crippen molar-refractivity contribution in [3.05, 3.63) is 70.6 Å². The van der Waals surface area contributed by atoms with Gasteiger partial charge in [0.1, 0.15) is 10.6 Å². The number of benzene rings is 1. The first-order valence-corrected chi connectivity index (χ1v) is 11.5. The third-order valence-electron chi connectivity index (χ3n) is 5.82. The third-order valence-corrected chi connectivity index (χ3v) is 6.88. The summed E-state index contributed by atoms with van der Waals surface area (Å²) in [5.41, 5.74) is 3.72. The van der Waals surface area contributed by atoms with Crippen molar-refractivity contribution in [3.63, 3.8) is 0 Å². The zero-order valence-electron chi connectivity index (χ0n) is 18.1. The third kappa shape index (κ3) is 3.99. The Morgan fingerprint density at radius 3 is 2.50 bits per heavy atom. The van der Waals surface area contributed by atoms with Crippen LogP contribution >= 0.6 is 11.3 Å². The Balaban J connectivity index is 1.35. The Morgan fingerprint density at radius 1 is 1.06 bits per heavy atom. The summed E-state index contributed by atoms with van der Waals surface area (Å²) >= 11 is 1.39. The minimum Gasteiger partial charge on any atom is -0.462 e. The lowest BCUT2D eigenvalue weighted by molar-refractivity contribution is 0.0633. The maximum atomic E-state index is 13.5. The van der Waals surface area contributed by atoms with E-state index in [-0.39, 0.29) is 5.91 Å². The Bertz CT molecular complexity index is 1190. The molecule has 1 saturated heterocycles. The van der Waals surface area contributed by atoms with Crippen LogP contribution in [-0.2, 0) is 6.54 Å². The molecule has 0 radical (unpaired) electrons. The van der Waals surface area contributed by atoms with Gasteiger partial charge in [-0.25, -0.2) is 4.98 Å². The molecule has 1 aliphatic rings. The van der Waals surface area contributed by atoms with Gasteiger partial charge in [0, 0.05) is 43.9 Å². The van der Waals surface area contributed by atoms with E-state index in [0.717, 1.165) is 42.2 Å². The van der Waals surface area contributed by atoms with Crippen LogP contribution < -0.4 is 0 Å². The van der Waals surface area contributed by atoms with Crippen molar-refractivity contribution in [1.29, 1.82) is 0 Å². The molecule has 0 atom stereocenters. The largest absolute Gasteiger partial charge is 0.462 e. The standard InChI is InChI=1S/C24H24N4O3S/c1-16-19(17(2)31-26-16)15-27-10-12-28(13-11-27)24(29)22-21(18-7-4-3-5-8-18)25-23(32-22)20-9-6-14-30-20/h3-9,14H,10-13,15H2,1-2H3. The van der Waals surface area contributed by atoms with E-state index < -0.39 is 0 Å². The number of thiazole rings is 1. The number of rotatable bonds is 5. The van der Waals surface area contributed by atoms with Crippen LogP contribution in [0.2, 0.25) is 0 Å². The van der Waals surface area contributed by atoms with Crippen molar-refractivity contribution >= 4 is 17.2 Å². The van der Waals surface area contributed by atoms with E-state index in [0.29, 0.717) is 34.4 Å². The van der Waals surface area contributed by atoms with Crippen molar-refractivity contribution < 1.29 is 13.7 Å². The molecule has 0 aliphatic carbocycles. The summed E-state index contributed by atoms with van der Waals surface area (Å²) in [6.45, 7) is 7.66. The van der Waals surface area contributed by atoms with Crippen molar-refractivity contribution in [2.24, 2.45) is 0 Å². The fourth-order valence-corrected chi connectivity index (χ4v) is 4.99. The first-order valence-electron chi connectivity index (χ1n) is 10.6. The number of furan rings is 1. The SMILES string of the molecule is Cc1noc(C)c1CN1CCN(C(=O)c2sc(-c3ccco3)nc2-c2ccccc2)CC1. The first-order chi connectivity index (χ1) is 15.6. The van der Waals surface area contributed by atoms with E-state index in [1.54, 1.807) is 6.26 Å². The Morgan fingerprint density at radius 2 is 1.84 bits per heavy atom. The van der Waals surface area contributed by atoms with Gasteiger partial charge in [-0.2, -0.15) is 0 Å². The number of nitrogens with zero attached hydrogens (tertiary/aromatic N) is 4. The fourth-order valence-electron chi connectivity index (χ4n) is 3.97. The average Bonchev–Trinajstić information content (AvgIpc) is 3.57. The lowest BCUT2D eigenvalue weighted by atomic mass is 10.1. The van der Waals surface area contributed by atoms with Crippen molar-refractivity contribution in [2.75, 3.05) is 26.2 Å². The predicted octanol–water partition coefficient (Wildman–Crippen LogP) is 4.63. The van der Waals surface area contributed by atoms with Crippen LogP contribution in [0, 0.1) is 13.8 Å². The highest BCUT2D eigenvalue weighted by Gasteiger charge is 2.28. The van der Waals surface area contributed by atoms with Crippen LogP contribution in [0.15, 0.2) is 57.7 Å². The lowest BCUT2D eigenvalue weighted by Crippen LogP contribution is -2.48. The van der Waals surface area contributed by atoms with Gasteiger partial charge in [-0.1, -0.05) is 35.5 Å². The van der Waals surface area contributed by atoms with Crippen molar-refractivity contribution in [3.8, 4) is 22.0 Å². The van der Waals surface area contributed by atoms with Gasteiger partial charge >= 0.3 is 0 Å². The van der Waals surface area contributed by atoms with Gasteiger partial charge < -0.3 is 13.8 Å². The second-order valence-electron chi connectivity index (χ2n) is 7.91. The first kappa shape index (κ1) is 20.7. The summed E-state index contributed by atoms with van der Waals surface area (Å²) in [4.78, 5) is 23.2. The summed E-state index contributed by atoms with van der Waals surface area (Å²) in [5.74, 6) is 1.57. The lowest BCUT2D eigenvalue weighted by Gasteiger charge is -2.34. The number of piperazine rings is 1. The van der Waals surface area contributed by atoms with Gasteiger partial charge in [0.2, 0.25) is 0 Å². The molecule has 7 nitrogen and oxygen atoms in total. The molecule has 0 spiro atoms. The molecule has 0 unspecified atom stereocenters. The number of aryl methyl sites for hydroxylation is 2. The van der Waals surface area contributed by atoms with Gasteiger partial charge in [0.05, 0.1) is 17.7 Å². The predicted molar refractivity (Wildman–Crippen MR) is 122 cm³/mol. The molecule has 1 amide bonds. The topological polar surface area (TPSA) is 75.6 Å². The molecule has 0 bridgehead atoms. The van der Waals surface area contributed by atoms with Crippen LogP contribution in [0.25, 0.3) is 22.0 Å². The van der Waals surface area contributed by atoms with Gasteiger partial charge in [-0.05, 0) is 26.0 Å². The zero-order valence-corrected chi connectivity index (χ0v) is 18.9. The van der Waals surface area contributed by atoms with E-state index in [1.807, 2.05) is 61.2 Å². The smallest absolute Gasteiger partial charge is 0.266 e. The van der Waals surface area contributed by atoms with Crippen LogP contribution in [0.1, 0.15) is 26.7 Å². The molecule has 5 rings (SSSR count). The molecule has 8 heteroatoms. The maximum Gasteiger partial charge on any atom is 0.266 e. The van der Waals surface area contributed by atoms with E-state index in [9.17, 15) is 4.79 Å². The Labute approximate surface area is 190 Å². The average molecular weight is 449 g/mol. The van der Waals surface area contributed by atoms with Gasteiger partial charge in [0.15, 0.2) is 10.8 Å². The minimum atomic E-state index is 0.0242. The molecule has 1 fully saturated rings. The van der Waals surface area contributed by atoms with Crippen molar-refractivity contribution in [1.82, 2.24) is 19.9 Å². The molecule has 0 saturated carbocycles. The quantitative estimate of drug-likeness (QED) is 0.443. The van der Waals surface area contributed by atoms with Crippen LogP contribution in [0.5, 0.6) is 0 Å². The molecular weight excluding hydrogens is 424 g/mol. The van der Waals surface area contributed by atoms with E-state index in [2.05, 4.69) is 10.1 Å². The summed E-state index contributed by atoms with van der Waals surface area (Å²) in [7, 11) is 0. The second-order valence-corrected chi connectivity index (χ2v) is 8.91. The Kier molecular flexibility index (Phi) is 5.63. The highest BCUT2D eigenvalue weighted by atomic mass is 32.1. The fraction of sp³-hybridized carbons (Fsp3) is 0.292. The number of hydrogen-bond acceptors (Lipinski definition) is 7. The zero-order chi connectivity index (χ0) is 22.1. The van der Waals surface area contributed by atoms with Crippen LogP contribution in [-0.4, -0.2) is 52.0 Å². The summed E-state index contributed by atoms with van der Waals surface area (Å²) in [6, 6.07) is 13.6. The van der Waals surface area contributed by atoms with Crippen LogP contribution in [0.3, 0.4) is 0 Å². The molecule has 164 valence electrons. The number of hydrogen-bond donors (Lipinski definition) is 0. The molecular formula is C24H24N4O3S. The normalized spacial score (nSPS) is 14.8. The van der Waals surface area contributed by atoms with Gasteiger partial charge in [0.25, 0.3) is 5.91 Å². The molecule has 4 aromatic rings. The van der Waals surface area contributed by atoms with Gasteiger partial charge in [-0.15, -0.1) is 11.3 Å². The van der Waals surface area contributed by atoms with Gasteiger partial charge in [-0.3, -0.25) is 9.69 Å². The number of carbonyl (C=O) groups is 1. The highest BCUT2D eigenvalue weighted by molar-refractivity contribution is 7.17. The number of carbonyl (C=O) groups excluding carboxylic acids is 1. The molecule has 1 aromatic carbocycles. The summed E-state index contributed by atoms with van der Waals surface area (Å²) < 4.78 is 10.8. The molecule has 32 heavy (non-hydrogen) atoms. The molecule has 1 aliphatic heterocycles. The second kappa shape index (κ2) is 8.72. The Hall–Kier alpha value is -3.23. The molecule has 3 aromatic heterocycles. The van der Waals surface area contributed by atoms with Crippen LogP contribution in [0.4, 0.5) is 0 Å². The minimum absolute atomic E-state index is 0.0242. The molecule has 0 N–H and O–H groups in total. The summed E-state index contributed by atoms with van der Waals surface area (Å²) in [5, 5.41) is 4.76. The number of aromatic nitrogens is 2. The molecule has 4 heterocycles. The number of amides is 1. The maximum absolute atomic E-state index is 13.5. The van der Waals surface area contributed by atoms with E-state index in [1.165, 1.54) is 11.3 Å². The van der Waals surface area contributed by atoms with E-state index in [4.69, 9.17) is 13.9 Å². The highest BCUT2D eigenvalue weighted by Crippen LogP contribution is 2.35. The monoisotopic (exact) mass is 448 g/mol. The summed E-state index contributed by atoms with van der Waals surface area (Å²) in [6.07, 6.45) is 1.62.